The minimum Gasteiger partial charge on any atom is -0.211 e. The Morgan fingerprint density at radius 1 is 1.26 bits per heavy atom. The first-order valence-electron chi connectivity index (χ1n) is 6.66. The van der Waals surface area contributed by atoms with Gasteiger partial charge in [-0.3, -0.25) is 0 Å². The highest BCUT2D eigenvalue weighted by atomic mass is 32.2. The molecule has 0 aromatic heterocycles. The van der Waals surface area contributed by atoms with Crippen LogP contribution in [0.2, 0.25) is 0 Å². The van der Waals surface area contributed by atoms with E-state index in [1.165, 1.54) is 31.4 Å². The van der Waals surface area contributed by atoms with Gasteiger partial charge in [0.05, 0.1) is 4.90 Å². The summed E-state index contributed by atoms with van der Waals surface area (Å²) in [6.45, 7) is 3.70. The van der Waals surface area contributed by atoms with E-state index < -0.39 is 15.8 Å². The quantitative estimate of drug-likeness (QED) is 0.904. The molecule has 0 spiro atoms. The van der Waals surface area contributed by atoms with Crippen molar-refractivity contribution in [1.82, 2.24) is 4.72 Å². The van der Waals surface area contributed by atoms with E-state index in [9.17, 15) is 12.8 Å². The van der Waals surface area contributed by atoms with Gasteiger partial charge < -0.3 is 0 Å². The van der Waals surface area contributed by atoms with E-state index >= 15 is 0 Å². The highest BCUT2D eigenvalue weighted by Gasteiger charge is 2.22. The fourth-order valence-corrected chi connectivity index (χ4v) is 4.07. The lowest BCUT2D eigenvalue weighted by atomic mass is 9.83. The second kappa shape index (κ2) is 5.59. The predicted molar refractivity (Wildman–Crippen MR) is 73.0 cm³/mol. The van der Waals surface area contributed by atoms with Crippen LogP contribution in [0.3, 0.4) is 0 Å². The second-order valence-corrected chi connectivity index (χ2v) is 7.06. The molecule has 5 heteroatoms. The van der Waals surface area contributed by atoms with Crippen LogP contribution in [0.5, 0.6) is 0 Å². The number of halogens is 1. The summed E-state index contributed by atoms with van der Waals surface area (Å²) in [5.74, 6) is 0.265. The Balaban J connectivity index is 2.10. The molecule has 106 valence electrons. The predicted octanol–water partition coefficient (Wildman–Crippen LogP) is 2.91. The van der Waals surface area contributed by atoms with Crippen LogP contribution in [-0.4, -0.2) is 15.0 Å². The van der Waals surface area contributed by atoms with E-state index in [0.29, 0.717) is 23.6 Å². The van der Waals surface area contributed by atoms with Crippen LogP contribution in [0.15, 0.2) is 17.0 Å². The monoisotopic (exact) mass is 285 g/mol. The van der Waals surface area contributed by atoms with E-state index in [2.05, 4.69) is 4.72 Å². The lowest BCUT2D eigenvalue weighted by Gasteiger charge is -2.25. The molecule has 1 aromatic carbocycles. The largest absolute Gasteiger partial charge is 0.241 e. The lowest BCUT2D eigenvalue weighted by molar-refractivity contribution is 0.297. The minimum atomic E-state index is -3.53. The molecule has 0 unspecified atom stereocenters. The zero-order valence-corrected chi connectivity index (χ0v) is 12.2. The van der Waals surface area contributed by atoms with Gasteiger partial charge in [0.2, 0.25) is 10.0 Å². The smallest absolute Gasteiger partial charge is 0.211 e. The third-order valence-corrected chi connectivity index (χ3v) is 5.53. The molecule has 1 aliphatic carbocycles. The maximum Gasteiger partial charge on any atom is 0.241 e. The first-order valence-corrected chi connectivity index (χ1v) is 8.15. The summed E-state index contributed by atoms with van der Waals surface area (Å²) in [4.78, 5) is 0.211. The molecular weight excluding hydrogens is 265 g/mol. The highest BCUT2D eigenvalue weighted by Crippen LogP contribution is 2.29. The molecule has 19 heavy (non-hydrogen) atoms. The van der Waals surface area contributed by atoms with Crippen molar-refractivity contribution in [3.05, 3.63) is 29.1 Å². The Morgan fingerprint density at radius 3 is 2.32 bits per heavy atom. The van der Waals surface area contributed by atoms with Gasteiger partial charge in [0.15, 0.2) is 0 Å². The molecule has 2 rings (SSSR count). The summed E-state index contributed by atoms with van der Waals surface area (Å²) in [6.07, 6.45) is 4.55. The summed E-state index contributed by atoms with van der Waals surface area (Å²) in [6, 6.07) is 2.51. The second-order valence-electron chi connectivity index (χ2n) is 5.35. The van der Waals surface area contributed by atoms with Gasteiger partial charge >= 0.3 is 0 Å². The number of benzene rings is 1. The van der Waals surface area contributed by atoms with Crippen LogP contribution in [0.1, 0.15) is 36.8 Å². The zero-order chi connectivity index (χ0) is 14.0. The molecule has 1 N–H and O–H groups in total. The number of nitrogens with one attached hydrogen (secondary N) is 1. The van der Waals surface area contributed by atoms with Gasteiger partial charge in [-0.2, -0.15) is 0 Å². The van der Waals surface area contributed by atoms with Crippen LogP contribution >= 0.6 is 0 Å². The van der Waals surface area contributed by atoms with Crippen molar-refractivity contribution in [1.29, 1.82) is 0 Å². The van der Waals surface area contributed by atoms with Crippen molar-refractivity contribution >= 4 is 10.0 Å². The molecule has 1 fully saturated rings. The van der Waals surface area contributed by atoms with Crippen LogP contribution < -0.4 is 4.72 Å². The number of hydrogen-bond acceptors (Lipinski definition) is 2. The molecule has 0 heterocycles. The first kappa shape index (κ1) is 14.5. The van der Waals surface area contributed by atoms with Crippen LogP contribution in [-0.2, 0) is 10.0 Å². The van der Waals surface area contributed by atoms with Gasteiger partial charge in [0, 0.05) is 6.54 Å². The molecule has 0 radical (unpaired) electrons. The zero-order valence-electron chi connectivity index (χ0n) is 11.4. The molecule has 0 bridgehead atoms. The fourth-order valence-electron chi connectivity index (χ4n) is 2.57. The van der Waals surface area contributed by atoms with Crippen molar-refractivity contribution in [2.24, 2.45) is 5.92 Å². The van der Waals surface area contributed by atoms with Crippen molar-refractivity contribution in [2.45, 2.75) is 44.4 Å². The molecule has 3 nitrogen and oxygen atoms in total. The number of hydrogen-bond donors (Lipinski definition) is 1. The molecule has 1 saturated carbocycles. The van der Waals surface area contributed by atoms with Gasteiger partial charge in [-0.1, -0.05) is 19.3 Å². The van der Waals surface area contributed by atoms with E-state index in [-0.39, 0.29) is 4.90 Å². The van der Waals surface area contributed by atoms with Crippen molar-refractivity contribution in [3.8, 4) is 0 Å². The van der Waals surface area contributed by atoms with E-state index in [1.807, 2.05) is 0 Å². The van der Waals surface area contributed by atoms with Gasteiger partial charge in [0.1, 0.15) is 5.82 Å². The topological polar surface area (TPSA) is 46.2 Å². The maximum atomic E-state index is 13.2. The highest BCUT2D eigenvalue weighted by molar-refractivity contribution is 7.89. The molecule has 0 aliphatic heterocycles. The molecular formula is C14H20FNO2S. The van der Waals surface area contributed by atoms with E-state index in [1.54, 1.807) is 13.8 Å². The Kier molecular flexibility index (Phi) is 4.26. The number of rotatable bonds is 5. The van der Waals surface area contributed by atoms with Crippen molar-refractivity contribution in [2.75, 3.05) is 6.54 Å². The van der Waals surface area contributed by atoms with E-state index in [4.69, 9.17) is 0 Å². The lowest BCUT2D eigenvalue weighted by Crippen LogP contribution is -2.28. The maximum absolute atomic E-state index is 13.2. The average Bonchev–Trinajstić information content (AvgIpc) is 2.19. The van der Waals surface area contributed by atoms with E-state index in [0.717, 1.165) is 6.42 Å². The number of aryl methyl sites for hydroxylation is 2. The Morgan fingerprint density at radius 2 is 1.84 bits per heavy atom. The molecule has 1 aromatic rings. The Bertz CT molecular complexity index is 542. The summed E-state index contributed by atoms with van der Waals surface area (Å²) < 4.78 is 40.3. The first-order chi connectivity index (χ1) is 8.90. The summed E-state index contributed by atoms with van der Waals surface area (Å²) in [5, 5.41) is 0. The average molecular weight is 285 g/mol. The summed E-state index contributed by atoms with van der Waals surface area (Å²) >= 11 is 0. The standard InChI is InChI=1S/C14H20FNO2S/c1-10-8-13(15)9-11(2)14(10)19(17,18)16-7-6-12-4-3-5-12/h8-9,12,16H,3-7H2,1-2H3. The summed E-state index contributed by atoms with van der Waals surface area (Å²) in [5.41, 5.74) is 0.905. The molecule has 1 aliphatic rings. The molecule has 0 saturated heterocycles. The third kappa shape index (κ3) is 3.34. The third-order valence-electron chi connectivity index (χ3n) is 3.76. The molecule has 0 amide bonds. The van der Waals surface area contributed by atoms with Crippen LogP contribution in [0.4, 0.5) is 4.39 Å². The van der Waals surface area contributed by atoms with Crippen LogP contribution in [0, 0.1) is 25.6 Å². The van der Waals surface area contributed by atoms with Crippen molar-refractivity contribution < 1.29 is 12.8 Å². The Hall–Kier alpha value is -0.940. The van der Waals surface area contributed by atoms with Crippen LogP contribution in [0.25, 0.3) is 0 Å². The fraction of sp³-hybridized carbons (Fsp3) is 0.571. The Labute approximate surface area is 114 Å². The normalized spacial score (nSPS) is 16.4. The van der Waals surface area contributed by atoms with Gasteiger partial charge in [-0.15, -0.1) is 0 Å². The van der Waals surface area contributed by atoms with Crippen molar-refractivity contribution in [3.63, 3.8) is 0 Å². The van der Waals surface area contributed by atoms with Gasteiger partial charge in [0.25, 0.3) is 0 Å². The number of sulfonamides is 1. The van der Waals surface area contributed by atoms with Gasteiger partial charge in [-0.05, 0) is 49.4 Å². The SMILES string of the molecule is Cc1cc(F)cc(C)c1S(=O)(=O)NCCC1CCC1. The molecule has 0 atom stereocenters. The minimum absolute atomic E-state index is 0.211. The van der Waals surface area contributed by atoms with Gasteiger partial charge in [-0.25, -0.2) is 17.5 Å². The summed E-state index contributed by atoms with van der Waals surface area (Å²) in [7, 11) is -3.53.